The summed E-state index contributed by atoms with van der Waals surface area (Å²) >= 11 is 5.86. The number of nitrogen functional groups attached to an aromatic ring is 1. The number of ether oxygens (including phenoxy) is 1. The Morgan fingerprint density at radius 1 is 1.13 bits per heavy atom. The molecule has 3 N–H and O–H groups in total. The van der Waals surface area contributed by atoms with Crippen LogP contribution in [0.4, 0.5) is 11.8 Å². The number of rotatable bonds is 5. The van der Waals surface area contributed by atoms with Gasteiger partial charge in [-0.3, -0.25) is 4.90 Å². The molecule has 0 aliphatic carbocycles. The number of halogens is 1. The van der Waals surface area contributed by atoms with Crippen LogP contribution in [-0.2, 0) is 17.8 Å². The van der Waals surface area contributed by atoms with Gasteiger partial charge in [0.1, 0.15) is 11.0 Å². The van der Waals surface area contributed by atoms with Crippen LogP contribution < -0.4 is 11.1 Å². The molecule has 23 heavy (non-hydrogen) atoms. The smallest absolute Gasteiger partial charge is 0.223 e. The van der Waals surface area contributed by atoms with Crippen molar-refractivity contribution in [2.24, 2.45) is 0 Å². The van der Waals surface area contributed by atoms with Crippen molar-refractivity contribution in [2.75, 3.05) is 37.4 Å². The van der Waals surface area contributed by atoms with Crippen LogP contribution in [0.1, 0.15) is 11.1 Å². The molecule has 0 unspecified atom stereocenters. The Hall–Kier alpha value is -1.89. The minimum Gasteiger partial charge on any atom is -0.379 e. The Morgan fingerprint density at radius 3 is 2.52 bits per heavy atom. The quantitative estimate of drug-likeness (QED) is 0.817. The van der Waals surface area contributed by atoms with E-state index < -0.39 is 0 Å². The molecule has 0 spiro atoms. The first-order chi connectivity index (χ1) is 11.2. The van der Waals surface area contributed by atoms with Gasteiger partial charge < -0.3 is 15.8 Å². The summed E-state index contributed by atoms with van der Waals surface area (Å²) in [6.07, 6.45) is 0. The highest BCUT2D eigenvalue weighted by molar-refractivity contribution is 6.29. The Bertz CT molecular complexity index is 623. The van der Waals surface area contributed by atoms with E-state index in [-0.39, 0.29) is 5.95 Å². The molecule has 0 radical (unpaired) electrons. The molecule has 0 amide bonds. The van der Waals surface area contributed by atoms with Crippen LogP contribution in [0.2, 0.25) is 5.15 Å². The summed E-state index contributed by atoms with van der Waals surface area (Å²) in [5, 5.41) is 3.54. The average molecular weight is 334 g/mol. The molecule has 1 aromatic carbocycles. The van der Waals surface area contributed by atoms with Gasteiger partial charge in [0.05, 0.1) is 13.2 Å². The van der Waals surface area contributed by atoms with E-state index in [1.165, 1.54) is 11.1 Å². The number of benzene rings is 1. The fraction of sp³-hybridized carbons (Fsp3) is 0.375. The molecule has 1 aliphatic heterocycles. The first-order valence-corrected chi connectivity index (χ1v) is 7.99. The number of nitrogens with zero attached hydrogens (tertiary/aromatic N) is 3. The third-order valence-corrected chi connectivity index (χ3v) is 3.91. The van der Waals surface area contributed by atoms with E-state index in [4.69, 9.17) is 22.1 Å². The zero-order valence-electron chi connectivity index (χ0n) is 12.8. The maximum absolute atomic E-state index is 5.86. The van der Waals surface area contributed by atoms with E-state index in [2.05, 4.69) is 44.5 Å². The van der Waals surface area contributed by atoms with E-state index in [9.17, 15) is 0 Å². The van der Waals surface area contributed by atoms with Gasteiger partial charge in [0, 0.05) is 32.2 Å². The average Bonchev–Trinajstić information content (AvgIpc) is 2.54. The summed E-state index contributed by atoms with van der Waals surface area (Å²) in [6, 6.07) is 10.2. The second-order valence-electron chi connectivity index (χ2n) is 5.49. The first-order valence-electron chi connectivity index (χ1n) is 7.61. The number of aromatic nitrogens is 2. The van der Waals surface area contributed by atoms with E-state index in [0.29, 0.717) is 17.5 Å². The summed E-state index contributed by atoms with van der Waals surface area (Å²) in [5.74, 6) is 0.792. The van der Waals surface area contributed by atoms with Crippen LogP contribution in [0.15, 0.2) is 30.3 Å². The van der Waals surface area contributed by atoms with Gasteiger partial charge in [0.2, 0.25) is 5.95 Å². The summed E-state index contributed by atoms with van der Waals surface area (Å²) < 4.78 is 5.37. The lowest BCUT2D eigenvalue weighted by molar-refractivity contribution is 0.0342. The van der Waals surface area contributed by atoms with Crippen molar-refractivity contribution in [2.45, 2.75) is 13.1 Å². The molecule has 2 heterocycles. The van der Waals surface area contributed by atoms with Crippen LogP contribution in [0.3, 0.4) is 0 Å². The largest absolute Gasteiger partial charge is 0.379 e. The van der Waals surface area contributed by atoms with Crippen LogP contribution in [0.25, 0.3) is 0 Å². The molecule has 0 bridgehead atoms. The van der Waals surface area contributed by atoms with Gasteiger partial charge in [0.15, 0.2) is 0 Å². The molecule has 7 heteroatoms. The highest BCUT2D eigenvalue weighted by Crippen LogP contribution is 2.14. The topological polar surface area (TPSA) is 76.3 Å². The minimum absolute atomic E-state index is 0.167. The van der Waals surface area contributed by atoms with Crippen molar-refractivity contribution in [3.63, 3.8) is 0 Å². The molecule has 1 aromatic heterocycles. The minimum atomic E-state index is 0.167. The summed E-state index contributed by atoms with van der Waals surface area (Å²) in [7, 11) is 0. The highest BCUT2D eigenvalue weighted by Gasteiger charge is 2.10. The number of nitrogens with one attached hydrogen (secondary N) is 1. The zero-order valence-corrected chi connectivity index (χ0v) is 13.6. The third kappa shape index (κ3) is 4.79. The highest BCUT2D eigenvalue weighted by atomic mass is 35.5. The van der Waals surface area contributed by atoms with Crippen molar-refractivity contribution < 1.29 is 4.74 Å². The molecule has 2 aromatic rings. The second kappa shape index (κ2) is 7.59. The van der Waals surface area contributed by atoms with Crippen LogP contribution in [0, 0.1) is 0 Å². The lowest BCUT2D eigenvalue weighted by atomic mass is 10.1. The van der Waals surface area contributed by atoms with Crippen LogP contribution >= 0.6 is 11.6 Å². The van der Waals surface area contributed by atoms with Crippen molar-refractivity contribution >= 4 is 23.4 Å². The summed E-state index contributed by atoms with van der Waals surface area (Å²) in [6.45, 7) is 5.28. The Kier molecular flexibility index (Phi) is 5.27. The number of anilines is 2. The third-order valence-electron chi connectivity index (χ3n) is 3.72. The summed E-state index contributed by atoms with van der Waals surface area (Å²) in [5.41, 5.74) is 8.06. The predicted molar refractivity (Wildman–Crippen MR) is 91.3 cm³/mol. The molecule has 0 atom stereocenters. The molecule has 1 saturated heterocycles. The molecular weight excluding hydrogens is 314 g/mol. The van der Waals surface area contributed by atoms with Gasteiger partial charge in [0.25, 0.3) is 0 Å². The van der Waals surface area contributed by atoms with Gasteiger partial charge in [-0.05, 0) is 11.1 Å². The number of hydrogen-bond donors (Lipinski definition) is 2. The fourth-order valence-corrected chi connectivity index (χ4v) is 2.69. The molecule has 3 rings (SSSR count). The van der Waals surface area contributed by atoms with Crippen LogP contribution in [0.5, 0.6) is 0 Å². The zero-order chi connectivity index (χ0) is 16.1. The van der Waals surface area contributed by atoms with E-state index in [0.717, 1.165) is 32.8 Å². The molecule has 0 saturated carbocycles. The van der Waals surface area contributed by atoms with Crippen molar-refractivity contribution in [1.29, 1.82) is 0 Å². The normalized spacial score (nSPS) is 15.5. The number of morpholine rings is 1. The van der Waals surface area contributed by atoms with Gasteiger partial charge >= 0.3 is 0 Å². The predicted octanol–water partition coefficient (Wildman–Crippen LogP) is 2.16. The van der Waals surface area contributed by atoms with Gasteiger partial charge in [-0.1, -0.05) is 35.9 Å². The standard InChI is InChI=1S/C16H20ClN5O/c17-14-9-15(21-16(18)20-14)19-10-12-1-3-13(4-2-12)11-22-5-7-23-8-6-22/h1-4,9H,5-8,10-11H2,(H3,18,19,20,21). The van der Waals surface area contributed by atoms with E-state index in [1.54, 1.807) is 6.07 Å². The SMILES string of the molecule is Nc1nc(Cl)cc(NCc2ccc(CN3CCOCC3)cc2)n1. The first kappa shape index (κ1) is 16.0. The van der Waals surface area contributed by atoms with Crippen molar-refractivity contribution in [1.82, 2.24) is 14.9 Å². The second-order valence-corrected chi connectivity index (χ2v) is 5.88. The Balaban J connectivity index is 1.54. The molecule has 122 valence electrons. The molecular formula is C16H20ClN5O. The molecule has 1 aliphatic rings. The van der Waals surface area contributed by atoms with Gasteiger partial charge in [-0.25, -0.2) is 4.98 Å². The van der Waals surface area contributed by atoms with Crippen molar-refractivity contribution in [3.05, 3.63) is 46.6 Å². The van der Waals surface area contributed by atoms with Gasteiger partial charge in [-0.15, -0.1) is 0 Å². The molecule has 1 fully saturated rings. The Labute approximate surface area is 140 Å². The van der Waals surface area contributed by atoms with Crippen molar-refractivity contribution in [3.8, 4) is 0 Å². The van der Waals surface area contributed by atoms with Gasteiger partial charge in [-0.2, -0.15) is 4.98 Å². The lowest BCUT2D eigenvalue weighted by Crippen LogP contribution is -2.35. The monoisotopic (exact) mass is 333 g/mol. The summed E-state index contributed by atoms with van der Waals surface area (Å²) in [4.78, 5) is 10.3. The van der Waals surface area contributed by atoms with Crippen LogP contribution in [-0.4, -0.2) is 41.2 Å². The maximum Gasteiger partial charge on any atom is 0.223 e. The van der Waals surface area contributed by atoms with E-state index in [1.807, 2.05) is 0 Å². The maximum atomic E-state index is 5.86. The fourth-order valence-electron chi connectivity index (χ4n) is 2.50. The number of hydrogen-bond acceptors (Lipinski definition) is 6. The molecule has 6 nitrogen and oxygen atoms in total. The Morgan fingerprint density at radius 2 is 1.83 bits per heavy atom. The van der Waals surface area contributed by atoms with E-state index >= 15 is 0 Å². The number of nitrogens with two attached hydrogens (primary N) is 1. The lowest BCUT2D eigenvalue weighted by Gasteiger charge is -2.26.